The van der Waals surface area contributed by atoms with Crippen LogP contribution < -0.4 is 10.6 Å². The van der Waals surface area contributed by atoms with Gasteiger partial charge < -0.3 is 15.5 Å². The maximum absolute atomic E-state index is 13.0. The average molecular weight is 488 g/mol. The first-order valence-corrected chi connectivity index (χ1v) is 12.1. The lowest BCUT2D eigenvalue weighted by Gasteiger charge is -2.31. The number of halogens is 2. The van der Waals surface area contributed by atoms with Crippen LogP contribution in [0.2, 0.25) is 10.0 Å². The SMILES string of the molecule is O=C(NC1CCC(NC(=O)[C@@H]2CCCN2C(=O)c2ccc(Cl)c(Cl)c2)CC1)c1ccccc1. The predicted molar refractivity (Wildman–Crippen MR) is 129 cm³/mol. The van der Waals surface area contributed by atoms with Crippen molar-refractivity contribution in [1.29, 1.82) is 0 Å². The molecule has 2 aliphatic rings. The largest absolute Gasteiger partial charge is 0.352 e. The van der Waals surface area contributed by atoms with E-state index < -0.39 is 6.04 Å². The van der Waals surface area contributed by atoms with Crippen LogP contribution in [-0.2, 0) is 4.79 Å². The zero-order valence-corrected chi connectivity index (χ0v) is 19.7. The lowest BCUT2D eigenvalue weighted by molar-refractivity contribution is -0.125. The van der Waals surface area contributed by atoms with Gasteiger partial charge in [0.05, 0.1) is 10.0 Å². The first-order chi connectivity index (χ1) is 15.9. The lowest BCUT2D eigenvalue weighted by Crippen LogP contribution is -2.50. The molecule has 0 unspecified atom stereocenters. The van der Waals surface area contributed by atoms with E-state index in [1.165, 1.54) is 0 Å². The Labute approximate surface area is 203 Å². The summed E-state index contributed by atoms with van der Waals surface area (Å²) >= 11 is 12.0. The van der Waals surface area contributed by atoms with Crippen LogP contribution in [0.3, 0.4) is 0 Å². The van der Waals surface area contributed by atoms with Crippen molar-refractivity contribution in [2.45, 2.75) is 56.7 Å². The van der Waals surface area contributed by atoms with E-state index in [0.717, 1.165) is 32.1 Å². The van der Waals surface area contributed by atoms with Gasteiger partial charge in [-0.3, -0.25) is 14.4 Å². The molecule has 0 bridgehead atoms. The fraction of sp³-hybridized carbons (Fsp3) is 0.400. The summed E-state index contributed by atoms with van der Waals surface area (Å²) in [6.07, 6.45) is 4.61. The molecule has 1 saturated carbocycles. The molecule has 2 aromatic carbocycles. The van der Waals surface area contributed by atoms with Gasteiger partial charge in [0.15, 0.2) is 0 Å². The van der Waals surface area contributed by atoms with Gasteiger partial charge in [-0.1, -0.05) is 41.4 Å². The van der Waals surface area contributed by atoms with E-state index in [2.05, 4.69) is 10.6 Å². The fourth-order valence-electron chi connectivity index (χ4n) is 4.62. The molecule has 0 radical (unpaired) electrons. The van der Waals surface area contributed by atoms with Crippen LogP contribution >= 0.6 is 23.2 Å². The zero-order chi connectivity index (χ0) is 23.4. The molecule has 4 rings (SSSR count). The molecule has 33 heavy (non-hydrogen) atoms. The van der Waals surface area contributed by atoms with Crippen LogP contribution in [0.25, 0.3) is 0 Å². The molecule has 1 aliphatic heterocycles. The Kier molecular flexibility index (Phi) is 7.56. The van der Waals surface area contributed by atoms with Gasteiger partial charge in [-0.05, 0) is 68.9 Å². The van der Waals surface area contributed by atoms with Gasteiger partial charge in [0, 0.05) is 29.8 Å². The number of carbonyl (C=O) groups excluding carboxylic acids is 3. The molecule has 2 fully saturated rings. The number of carbonyl (C=O) groups is 3. The third-order valence-electron chi connectivity index (χ3n) is 6.43. The molecule has 6 nitrogen and oxygen atoms in total. The van der Waals surface area contributed by atoms with Crippen LogP contribution in [-0.4, -0.2) is 47.3 Å². The van der Waals surface area contributed by atoms with Gasteiger partial charge in [-0.15, -0.1) is 0 Å². The summed E-state index contributed by atoms with van der Waals surface area (Å²) in [6, 6.07) is 13.6. The molecule has 8 heteroatoms. The minimum absolute atomic E-state index is 0.0462. The van der Waals surface area contributed by atoms with Crippen molar-refractivity contribution in [3.05, 3.63) is 69.7 Å². The molecule has 1 aliphatic carbocycles. The number of benzene rings is 2. The molecule has 174 valence electrons. The first kappa shape index (κ1) is 23.6. The van der Waals surface area contributed by atoms with Gasteiger partial charge in [0.1, 0.15) is 6.04 Å². The molecule has 1 heterocycles. The van der Waals surface area contributed by atoms with E-state index in [-0.39, 0.29) is 29.8 Å². The fourth-order valence-corrected chi connectivity index (χ4v) is 4.91. The third kappa shape index (κ3) is 5.68. The Morgan fingerprint density at radius 1 is 0.788 bits per heavy atom. The third-order valence-corrected chi connectivity index (χ3v) is 7.17. The smallest absolute Gasteiger partial charge is 0.254 e. The number of hydrogen-bond acceptors (Lipinski definition) is 3. The second kappa shape index (κ2) is 10.6. The van der Waals surface area contributed by atoms with Crippen LogP contribution in [0.4, 0.5) is 0 Å². The van der Waals surface area contributed by atoms with Gasteiger partial charge in [-0.2, -0.15) is 0 Å². The molecule has 1 saturated heterocycles. The topological polar surface area (TPSA) is 78.5 Å². The second-order valence-electron chi connectivity index (χ2n) is 8.68. The number of hydrogen-bond donors (Lipinski definition) is 2. The van der Waals surface area contributed by atoms with E-state index >= 15 is 0 Å². The Morgan fingerprint density at radius 2 is 1.45 bits per heavy atom. The van der Waals surface area contributed by atoms with Crippen molar-refractivity contribution in [3.8, 4) is 0 Å². The van der Waals surface area contributed by atoms with Crippen LogP contribution in [0, 0.1) is 0 Å². The normalized spacial score (nSPS) is 22.6. The van der Waals surface area contributed by atoms with Crippen molar-refractivity contribution in [2.24, 2.45) is 0 Å². The molecule has 3 amide bonds. The van der Waals surface area contributed by atoms with E-state index in [1.54, 1.807) is 35.2 Å². The van der Waals surface area contributed by atoms with Crippen molar-refractivity contribution in [1.82, 2.24) is 15.5 Å². The van der Waals surface area contributed by atoms with Crippen molar-refractivity contribution in [2.75, 3.05) is 6.54 Å². The van der Waals surface area contributed by atoms with E-state index in [9.17, 15) is 14.4 Å². The molecule has 0 aromatic heterocycles. The molecule has 2 N–H and O–H groups in total. The van der Waals surface area contributed by atoms with E-state index in [1.807, 2.05) is 18.2 Å². The summed E-state index contributed by atoms with van der Waals surface area (Å²) in [5.74, 6) is -0.387. The summed E-state index contributed by atoms with van der Waals surface area (Å²) in [5, 5.41) is 6.93. The summed E-state index contributed by atoms with van der Waals surface area (Å²) < 4.78 is 0. The highest BCUT2D eigenvalue weighted by molar-refractivity contribution is 6.42. The van der Waals surface area contributed by atoms with Gasteiger partial charge >= 0.3 is 0 Å². The summed E-state index contributed by atoms with van der Waals surface area (Å²) in [6.45, 7) is 0.537. The Morgan fingerprint density at radius 3 is 2.12 bits per heavy atom. The number of amides is 3. The minimum Gasteiger partial charge on any atom is -0.352 e. The van der Waals surface area contributed by atoms with Crippen molar-refractivity contribution >= 4 is 40.9 Å². The van der Waals surface area contributed by atoms with Crippen LogP contribution in [0.15, 0.2) is 48.5 Å². The quantitative estimate of drug-likeness (QED) is 0.653. The molecule has 2 aromatic rings. The van der Waals surface area contributed by atoms with Crippen LogP contribution in [0.1, 0.15) is 59.2 Å². The minimum atomic E-state index is -0.484. The number of likely N-dealkylation sites (tertiary alicyclic amines) is 1. The Hall–Kier alpha value is -2.57. The number of rotatable bonds is 5. The van der Waals surface area contributed by atoms with Crippen molar-refractivity contribution in [3.63, 3.8) is 0 Å². The maximum Gasteiger partial charge on any atom is 0.254 e. The van der Waals surface area contributed by atoms with Gasteiger partial charge in [0.25, 0.3) is 11.8 Å². The lowest BCUT2D eigenvalue weighted by atomic mass is 9.90. The van der Waals surface area contributed by atoms with Gasteiger partial charge in [0.2, 0.25) is 5.91 Å². The van der Waals surface area contributed by atoms with Gasteiger partial charge in [-0.25, -0.2) is 0 Å². The number of nitrogens with one attached hydrogen (secondary N) is 2. The summed E-state index contributed by atoms with van der Waals surface area (Å²) in [5.41, 5.74) is 1.08. The molecular weight excluding hydrogens is 461 g/mol. The maximum atomic E-state index is 13.0. The first-order valence-electron chi connectivity index (χ1n) is 11.3. The van der Waals surface area contributed by atoms with E-state index in [4.69, 9.17) is 23.2 Å². The average Bonchev–Trinajstić information content (AvgIpc) is 3.32. The predicted octanol–water partition coefficient (Wildman–Crippen LogP) is 4.46. The standard InChI is InChI=1S/C25H27Cl2N3O3/c26-20-13-8-17(15-21(20)27)25(33)30-14-4-7-22(30)24(32)29-19-11-9-18(10-12-19)28-23(31)16-5-2-1-3-6-16/h1-3,5-6,8,13,15,18-19,22H,4,7,9-12,14H2,(H,28,31)(H,29,32)/t18?,19?,22-/m0/s1. The summed E-state index contributed by atoms with van der Waals surface area (Å²) in [7, 11) is 0. The number of nitrogens with zero attached hydrogens (tertiary/aromatic N) is 1. The molecule has 1 atom stereocenters. The highest BCUT2D eigenvalue weighted by atomic mass is 35.5. The van der Waals surface area contributed by atoms with Crippen molar-refractivity contribution < 1.29 is 14.4 Å². The highest BCUT2D eigenvalue weighted by Crippen LogP contribution is 2.26. The second-order valence-corrected chi connectivity index (χ2v) is 9.50. The molecule has 0 spiro atoms. The Balaban J connectivity index is 1.29. The monoisotopic (exact) mass is 487 g/mol. The Bertz CT molecular complexity index is 1020. The summed E-state index contributed by atoms with van der Waals surface area (Å²) in [4.78, 5) is 40.0. The zero-order valence-electron chi connectivity index (χ0n) is 18.2. The highest BCUT2D eigenvalue weighted by Gasteiger charge is 2.36. The molecular formula is C25H27Cl2N3O3. The van der Waals surface area contributed by atoms with Crippen LogP contribution in [0.5, 0.6) is 0 Å². The van der Waals surface area contributed by atoms with E-state index in [0.29, 0.717) is 34.1 Å².